The van der Waals surface area contributed by atoms with Crippen molar-refractivity contribution in [1.82, 2.24) is 20.9 Å². The van der Waals surface area contributed by atoms with E-state index in [1.54, 1.807) is 19.2 Å². The summed E-state index contributed by atoms with van der Waals surface area (Å²) in [6.07, 6.45) is 0.326. The number of hydrogen-bond donors (Lipinski definition) is 3. The van der Waals surface area contributed by atoms with Crippen molar-refractivity contribution in [2.45, 2.75) is 38.9 Å². The van der Waals surface area contributed by atoms with E-state index in [2.05, 4.69) is 20.9 Å². The van der Waals surface area contributed by atoms with E-state index in [0.29, 0.717) is 17.8 Å². The molecule has 3 amide bonds. The Hall–Kier alpha value is -3.59. The van der Waals surface area contributed by atoms with Gasteiger partial charge in [0.1, 0.15) is 24.1 Å². The van der Waals surface area contributed by atoms with Gasteiger partial charge in [0.25, 0.3) is 5.91 Å². The van der Waals surface area contributed by atoms with Crippen LogP contribution in [0.5, 0.6) is 0 Å². The summed E-state index contributed by atoms with van der Waals surface area (Å²) in [6, 6.07) is 11.8. The van der Waals surface area contributed by atoms with Crippen molar-refractivity contribution in [3.05, 3.63) is 64.1 Å². The molecular formula is C23H24N4O4S. The second-order valence-electron chi connectivity index (χ2n) is 7.27. The first kappa shape index (κ1) is 23.1. The topological polar surface area (TPSA) is 117 Å². The minimum Gasteiger partial charge on any atom is -0.350 e. The van der Waals surface area contributed by atoms with Gasteiger partial charge in [-0.25, -0.2) is 4.98 Å². The molecule has 0 spiro atoms. The molecule has 3 N–H and O–H groups in total. The first-order valence-corrected chi connectivity index (χ1v) is 11.0. The van der Waals surface area contributed by atoms with Gasteiger partial charge >= 0.3 is 0 Å². The lowest BCUT2D eigenvalue weighted by Crippen LogP contribution is -2.52. The van der Waals surface area contributed by atoms with Gasteiger partial charge in [-0.2, -0.15) is 0 Å². The zero-order valence-electron chi connectivity index (χ0n) is 17.8. The number of nitrogens with zero attached hydrogens (tertiary/aromatic N) is 1. The third-order valence-corrected chi connectivity index (χ3v) is 5.66. The summed E-state index contributed by atoms with van der Waals surface area (Å²) in [5, 5.41) is 12.3. The first-order valence-electron chi connectivity index (χ1n) is 10.1. The highest BCUT2D eigenvalue weighted by atomic mass is 32.1. The number of fused-ring (bicyclic) bond motifs is 1. The van der Waals surface area contributed by atoms with E-state index in [1.807, 2.05) is 42.5 Å². The van der Waals surface area contributed by atoms with Crippen LogP contribution in [-0.2, 0) is 20.9 Å². The number of aromatic nitrogens is 1. The minimum atomic E-state index is -1.10. The summed E-state index contributed by atoms with van der Waals surface area (Å²) in [5.74, 6) is -1.55. The molecule has 3 aromatic rings. The van der Waals surface area contributed by atoms with E-state index in [-0.39, 0.29) is 18.0 Å². The van der Waals surface area contributed by atoms with E-state index in [9.17, 15) is 19.2 Å². The predicted octanol–water partition coefficient (Wildman–Crippen LogP) is 2.11. The van der Waals surface area contributed by atoms with Crippen LogP contribution >= 0.6 is 11.3 Å². The van der Waals surface area contributed by atoms with E-state index in [1.165, 1.54) is 11.3 Å². The molecule has 2 atom stereocenters. The third kappa shape index (κ3) is 5.76. The SMILES string of the molecule is Cc1nc(C(=O)NC(CC=O)C(=O)NC(C)C(=O)NCc2cccc3ccccc23)cs1. The lowest BCUT2D eigenvalue weighted by Gasteiger charge is -2.19. The molecule has 166 valence electrons. The number of benzene rings is 2. The van der Waals surface area contributed by atoms with Crippen LogP contribution in [0.1, 0.15) is 34.4 Å². The molecule has 1 aromatic heterocycles. The quantitative estimate of drug-likeness (QED) is 0.430. The van der Waals surface area contributed by atoms with Crippen molar-refractivity contribution < 1.29 is 19.2 Å². The average molecular weight is 453 g/mol. The Bertz CT molecular complexity index is 1140. The van der Waals surface area contributed by atoms with E-state index in [4.69, 9.17) is 0 Å². The molecule has 9 heteroatoms. The number of aldehydes is 1. The number of aryl methyl sites for hydroxylation is 1. The highest BCUT2D eigenvalue weighted by molar-refractivity contribution is 7.09. The summed E-state index contributed by atoms with van der Waals surface area (Å²) in [7, 11) is 0. The summed E-state index contributed by atoms with van der Waals surface area (Å²) in [5.41, 5.74) is 1.14. The van der Waals surface area contributed by atoms with E-state index >= 15 is 0 Å². The van der Waals surface area contributed by atoms with E-state index in [0.717, 1.165) is 16.3 Å². The number of carbonyl (C=O) groups excluding carboxylic acids is 4. The van der Waals surface area contributed by atoms with Crippen LogP contribution in [-0.4, -0.2) is 41.1 Å². The van der Waals surface area contributed by atoms with Crippen LogP contribution in [0.4, 0.5) is 0 Å². The van der Waals surface area contributed by atoms with Crippen LogP contribution in [0, 0.1) is 6.92 Å². The van der Waals surface area contributed by atoms with Gasteiger partial charge in [0.05, 0.1) is 5.01 Å². The van der Waals surface area contributed by atoms with Gasteiger partial charge in [0, 0.05) is 18.3 Å². The fraction of sp³-hybridized carbons (Fsp3) is 0.261. The van der Waals surface area contributed by atoms with Gasteiger partial charge in [-0.05, 0) is 30.2 Å². The summed E-state index contributed by atoms with van der Waals surface area (Å²) < 4.78 is 0. The molecule has 0 saturated carbocycles. The molecule has 0 fully saturated rings. The molecule has 3 rings (SSSR count). The van der Waals surface area contributed by atoms with Gasteiger partial charge in [-0.1, -0.05) is 42.5 Å². The summed E-state index contributed by atoms with van der Waals surface area (Å²) in [4.78, 5) is 52.5. The number of rotatable bonds is 9. The van der Waals surface area contributed by atoms with Gasteiger partial charge in [0.15, 0.2) is 0 Å². The minimum absolute atomic E-state index is 0.178. The molecule has 2 unspecified atom stereocenters. The van der Waals surface area contributed by atoms with Crippen molar-refractivity contribution in [3.8, 4) is 0 Å². The monoisotopic (exact) mass is 452 g/mol. The molecule has 0 aliphatic heterocycles. The molecule has 2 aromatic carbocycles. The van der Waals surface area contributed by atoms with Gasteiger partial charge in [0.2, 0.25) is 11.8 Å². The second-order valence-corrected chi connectivity index (χ2v) is 8.33. The molecular weight excluding hydrogens is 428 g/mol. The molecule has 0 radical (unpaired) electrons. The zero-order chi connectivity index (χ0) is 23.1. The zero-order valence-corrected chi connectivity index (χ0v) is 18.6. The third-order valence-electron chi connectivity index (χ3n) is 4.89. The fourth-order valence-electron chi connectivity index (χ4n) is 3.19. The van der Waals surface area contributed by atoms with Gasteiger partial charge in [-0.3, -0.25) is 14.4 Å². The number of nitrogens with one attached hydrogen (secondary N) is 3. The molecule has 0 aliphatic carbocycles. The molecule has 1 heterocycles. The lowest BCUT2D eigenvalue weighted by molar-refractivity contribution is -0.130. The first-order chi connectivity index (χ1) is 15.4. The van der Waals surface area contributed by atoms with Crippen molar-refractivity contribution >= 4 is 46.1 Å². The molecule has 8 nitrogen and oxygen atoms in total. The predicted molar refractivity (Wildman–Crippen MR) is 122 cm³/mol. The summed E-state index contributed by atoms with van der Waals surface area (Å²) >= 11 is 1.31. The Labute approximate surface area is 189 Å². The highest BCUT2D eigenvalue weighted by Gasteiger charge is 2.25. The highest BCUT2D eigenvalue weighted by Crippen LogP contribution is 2.18. The fourth-order valence-corrected chi connectivity index (χ4v) is 3.78. The van der Waals surface area contributed by atoms with Crippen molar-refractivity contribution in [3.63, 3.8) is 0 Å². The Morgan fingerprint density at radius 1 is 1.06 bits per heavy atom. The van der Waals surface area contributed by atoms with Crippen LogP contribution < -0.4 is 16.0 Å². The average Bonchev–Trinajstić information content (AvgIpc) is 3.23. The maximum absolute atomic E-state index is 12.6. The number of amides is 3. The molecule has 0 saturated heterocycles. The maximum atomic E-state index is 12.6. The Kier molecular flexibility index (Phi) is 7.67. The smallest absolute Gasteiger partial charge is 0.271 e. The van der Waals surface area contributed by atoms with Gasteiger partial charge < -0.3 is 20.7 Å². The number of thiazole rings is 1. The van der Waals surface area contributed by atoms with Crippen LogP contribution in [0.25, 0.3) is 10.8 Å². The van der Waals surface area contributed by atoms with E-state index < -0.39 is 23.9 Å². The maximum Gasteiger partial charge on any atom is 0.271 e. The Balaban J connectivity index is 1.57. The molecule has 0 bridgehead atoms. The van der Waals surface area contributed by atoms with Crippen molar-refractivity contribution in [2.75, 3.05) is 0 Å². The number of carbonyl (C=O) groups is 4. The Morgan fingerprint density at radius 2 is 1.81 bits per heavy atom. The molecule has 0 aliphatic rings. The van der Waals surface area contributed by atoms with Crippen molar-refractivity contribution in [2.24, 2.45) is 0 Å². The number of hydrogen-bond acceptors (Lipinski definition) is 6. The van der Waals surface area contributed by atoms with Crippen LogP contribution in [0.2, 0.25) is 0 Å². The van der Waals surface area contributed by atoms with Crippen LogP contribution in [0.15, 0.2) is 47.8 Å². The normalized spacial score (nSPS) is 12.6. The Morgan fingerprint density at radius 3 is 2.53 bits per heavy atom. The summed E-state index contributed by atoms with van der Waals surface area (Å²) in [6.45, 7) is 3.60. The lowest BCUT2D eigenvalue weighted by atomic mass is 10.0. The van der Waals surface area contributed by atoms with Crippen molar-refractivity contribution in [1.29, 1.82) is 0 Å². The second kappa shape index (κ2) is 10.6. The van der Waals surface area contributed by atoms with Gasteiger partial charge in [-0.15, -0.1) is 11.3 Å². The molecule has 32 heavy (non-hydrogen) atoms. The standard InChI is InChI=1S/C23H24N4O4S/c1-14(21(29)24-12-17-8-5-7-16-6-3-4-9-18(16)17)25-22(30)19(10-11-28)27-23(31)20-13-32-15(2)26-20/h3-9,11,13-14,19H,10,12H2,1-2H3,(H,24,29)(H,25,30)(H,27,31). The largest absolute Gasteiger partial charge is 0.350 e. The van der Waals surface area contributed by atoms with Crippen LogP contribution in [0.3, 0.4) is 0 Å².